The van der Waals surface area contributed by atoms with E-state index in [4.69, 9.17) is 17.3 Å². The standard InChI is InChI=1S/C13H17ClN2O/c1-9(10-3-5-11(14)6-4-10)16-12(17)13(15)7-2-8-13/h3-6,9H,2,7-8,15H2,1H3,(H,16,17)/t9-/m1/s1. The average Bonchev–Trinajstić information content (AvgIpc) is 2.26. The zero-order chi connectivity index (χ0) is 12.5. The maximum atomic E-state index is 11.9. The first-order valence-electron chi connectivity index (χ1n) is 5.86. The molecule has 1 saturated carbocycles. The molecule has 0 aliphatic heterocycles. The largest absolute Gasteiger partial charge is 0.348 e. The van der Waals surface area contributed by atoms with Crippen LogP contribution in [-0.2, 0) is 4.79 Å². The van der Waals surface area contributed by atoms with Gasteiger partial charge >= 0.3 is 0 Å². The molecule has 1 aromatic carbocycles. The number of halogens is 1. The van der Waals surface area contributed by atoms with E-state index in [2.05, 4.69) is 5.32 Å². The Balaban J connectivity index is 1.99. The molecule has 0 spiro atoms. The van der Waals surface area contributed by atoms with Crippen molar-refractivity contribution in [2.24, 2.45) is 5.73 Å². The Kier molecular flexibility index (Phi) is 3.40. The Morgan fingerprint density at radius 2 is 2.00 bits per heavy atom. The molecule has 3 nitrogen and oxygen atoms in total. The normalized spacial score (nSPS) is 19.2. The van der Waals surface area contributed by atoms with Crippen LogP contribution in [0.4, 0.5) is 0 Å². The molecule has 0 bridgehead atoms. The first-order chi connectivity index (χ1) is 8.01. The molecule has 0 radical (unpaired) electrons. The van der Waals surface area contributed by atoms with E-state index in [1.165, 1.54) is 0 Å². The molecule has 1 amide bonds. The van der Waals surface area contributed by atoms with E-state index in [9.17, 15) is 4.79 Å². The molecule has 4 heteroatoms. The van der Waals surface area contributed by atoms with Crippen LogP contribution in [0.2, 0.25) is 5.02 Å². The Bertz CT molecular complexity index is 412. The van der Waals surface area contributed by atoms with Gasteiger partial charge in [-0.3, -0.25) is 4.79 Å². The maximum absolute atomic E-state index is 11.9. The van der Waals surface area contributed by atoms with Crippen molar-refractivity contribution in [1.82, 2.24) is 5.32 Å². The predicted molar refractivity (Wildman–Crippen MR) is 68.8 cm³/mol. The van der Waals surface area contributed by atoms with Crippen LogP contribution in [0.15, 0.2) is 24.3 Å². The topological polar surface area (TPSA) is 55.1 Å². The van der Waals surface area contributed by atoms with Crippen LogP contribution in [0, 0.1) is 0 Å². The molecule has 1 aliphatic rings. The van der Waals surface area contributed by atoms with E-state index in [-0.39, 0.29) is 11.9 Å². The fourth-order valence-electron chi connectivity index (χ4n) is 1.96. The number of benzene rings is 1. The molecule has 0 heterocycles. The first-order valence-corrected chi connectivity index (χ1v) is 6.24. The van der Waals surface area contributed by atoms with E-state index in [1.54, 1.807) is 0 Å². The number of hydrogen-bond donors (Lipinski definition) is 2. The van der Waals surface area contributed by atoms with Gasteiger partial charge in [0.2, 0.25) is 5.91 Å². The molecule has 92 valence electrons. The van der Waals surface area contributed by atoms with Gasteiger partial charge in [0.25, 0.3) is 0 Å². The Hall–Kier alpha value is -1.06. The molecule has 1 fully saturated rings. The first kappa shape index (κ1) is 12.4. The SMILES string of the molecule is C[C@@H](NC(=O)C1(N)CCC1)c1ccc(Cl)cc1. The molecule has 0 aromatic heterocycles. The molecule has 1 aromatic rings. The lowest BCUT2D eigenvalue weighted by atomic mass is 9.77. The third kappa shape index (κ3) is 2.61. The minimum absolute atomic E-state index is 0.0409. The lowest BCUT2D eigenvalue weighted by molar-refractivity contribution is -0.129. The van der Waals surface area contributed by atoms with E-state index >= 15 is 0 Å². The van der Waals surface area contributed by atoms with Crippen molar-refractivity contribution in [3.8, 4) is 0 Å². The number of rotatable bonds is 3. The van der Waals surface area contributed by atoms with Crippen LogP contribution < -0.4 is 11.1 Å². The lowest BCUT2D eigenvalue weighted by Crippen LogP contribution is -2.58. The number of carbonyl (C=O) groups is 1. The summed E-state index contributed by atoms with van der Waals surface area (Å²) in [6.45, 7) is 1.95. The second kappa shape index (κ2) is 4.67. The highest BCUT2D eigenvalue weighted by Crippen LogP contribution is 2.30. The van der Waals surface area contributed by atoms with E-state index in [0.717, 1.165) is 24.8 Å². The molecular formula is C13H17ClN2O. The minimum Gasteiger partial charge on any atom is -0.348 e. The van der Waals surface area contributed by atoms with Crippen LogP contribution in [-0.4, -0.2) is 11.4 Å². The number of hydrogen-bond acceptors (Lipinski definition) is 2. The Morgan fingerprint density at radius 3 is 2.47 bits per heavy atom. The van der Waals surface area contributed by atoms with Gasteiger partial charge < -0.3 is 11.1 Å². The van der Waals surface area contributed by atoms with Gasteiger partial charge in [0, 0.05) is 5.02 Å². The second-order valence-corrected chi connectivity index (χ2v) is 5.19. The predicted octanol–water partition coefficient (Wildman–Crippen LogP) is 2.40. The van der Waals surface area contributed by atoms with Gasteiger partial charge in [-0.05, 0) is 43.9 Å². The minimum atomic E-state index is -0.638. The second-order valence-electron chi connectivity index (χ2n) is 4.76. The van der Waals surface area contributed by atoms with Crippen molar-refractivity contribution in [2.75, 3.05) is 0 Å². The fourth-order valence-corrected chi connectivity index (χ4v) is 2.09. The van der Waals surface area contributed by atoms with Crippen molar-refractivity contribution in [2.45, 2.75) is 37.8 Å². The maximum Gasteiger partial charge on any atom is 0.240 e. The van der Waals surface area contributed by atoms with Crippen molar-refractivity contribution in [3.63, 3.8) is 0 Å². The van der Waals surface area contributed by atoms with Gasteiger partial charge in [-0.1, -0.05) is 23.7 Å². The number of nitrogens with one attached hydrogen (secondary N) is 1. The highest BCUT2D eigenvalue weighted by atomic mass is 35.5. The number of amides is 1. The summed E-state index contributed by atoms with van der Waals surface area (Å²) in [5, 5.41) is 3.65. The van der Waals surface area contributed by atoms with Crippen molar-refractivity contribution >= 4 is 17.5 Å². The van der Waals surface area contributed by atoms with Gasteiger partial charge in [0.05, 0.1) is 11.6 Å². The van der Waals surface area contributed by atoms with Gasteiger partial charge in [0.1, 0.15) is 0 Å². The molecule has 1 atom stereocenters. The molecule has 0 unspecified atom stereocenters. The smallest absolute Gasteiger partial charge is 0.240 e. The van der Waals surface area contributed by atoms with Gasteiger partial charge in [0.15, 0.2) is 0 Å². The summed E-state index contributed by atoms with van der Waals surface area (Å²) in [6.07, 6.45) is 2.61. The average molecular weight is 253 g/mol. The summed E-state index contributed by atoms with van der Waals surface area (Å²) in [5.74, 6) is -0.0498. The van der Waals surface area contributed by atoms with Crippen LogP contribution in [0.1, 0.15) is 37.8 Å². The highest BCUT2D eigenvalue weighted by molar-refractivity contribution is 6.30. The number of carbonyl (C=O) groups excluding carboxylic acids is 1. The quantitative estimate of drug-likeness (QED) is 0.868. The monoisotopic (exact) mass is 252 g/mol. The summed E-state index contributed by atoms with van der Waals surface area (Å²) in [4.78, 5) is 11.9. The van der Waals surface area contributed by atoms with Crippen LogP contribution >= 0.6 is 11.6 Å². The molecule has 2 rings (SSSR count). The zero-order valence-corrected chi connectivity index (χ0v) is 10.6. The van der Waals surface area contributed by atoms with Gasteiger partial charge in [-0.15, -0.1) is 0 Å². The third-order valence-electron chi connectivity index (χ3n) is 3.42. The third-order valence-corrected chi connectivity index (χ3v) is 3.67. The molecule has 0 saturated heterocycles. The van der Waals surface area contributed by atoms with Crippen LogP contribution in [0.25, 0.3) is 0 Å². The zero-order valence-electron chi connectivity index (χ0n) is 9.87. The molecule has 17 heavy (non-hydrogen) atoms. The molecule has 1 aliphatic carbocycles. The van der Waals surface area contributed by atoms with Crippen molar-refractivity contribution in [3.05, 3.63) is 34.9 Å². The summed E-state index contributed by atoms with van der Waals surface area (Å²) < 4.78 is 0. The van der Waals surface area contributed by atoms with Gasteiger partial charge in [-0.2, -0.15) is 0 Å². The molecule has 3 N–H and O–H groups in total. The van der Waals surface area contributed by atoms with Gasteiger partial charge in [-0.25, -0.2) is 0 Å². The fraction of sp³-hybridized carbons (Fsp3) is 0.462. The number of nitrogens with two attached hydrogens (primary N) is 1. The van der Waals surface area contributed by atoms with E-state index < -0.39 is 5.54 Å². The van der Waals surface area contributed by atoms with E-state index in [1.807, 2.05) is 31.2 Å². The van der Waals surface area contributed by atoms with Crippen LogP contribution in [0.5, 0.6) is 0 Å². The summed E-state index contributed by atoms with van der Waals surface area (Å²) >= 11 is 5.82. The van der Waals surface area contributed by atoms with E-state index in [0.29, 0.717) is 5.02 Å². The van der Waals surface area contributed by atoms with Crippen LogP contribution in [0.3, 0.4) is 0 Å². The summed E-state index contributed by atoms with van der Waals surface area (Å²) in [6, 6.07) is 7.43. The summed E-state index contributed by atoms with van der Waals surface area (Å²) in [7, 11) is 0. The lowest BCUT2D eigenvalue weighted by Gasteiger charge is -2.37. The van der Waals surface area contributed by atoms with Crippen molar-refractivity contribution < 1.29 is 4.79 Å². The highest BCUT2D eigenvalue weighted by Gasteiger charge is 2.40. The molecular weight excluding hydrogens is 236 g/mol. The summed E-state index contributed by atoms with van der Waals surface area (Å²) in [5.41, 5.74) is 6.36. The Morgan fingerprint density at radius 1 is 1.41 bits per heavy atom. The Labute approximate surface area is 106 Å². The van der Waals surface area contributed by atoms with Crippen molar-refractivity contribution in [1.29, 1.82) is 0 Å².